The van der Waals surface area contributed by atoms with E-state index in [1.807, 2.05) is 29.8 Å². The van der Waals surface area contributed by atoms with Gasteiger partial charge in [-0.25, -0.2) is 0 Å². The molecule has 2 N–H and O–H groups in total. The van der Waals surface area contributed by atoms with Gasteiger partial charge in [-0.05, 0) is 38.8 Å². The van der Waals surface area contributed by atoms with E-state index < -0.39 is 0 Å². The maximum absolute atomic E-state index is 12.5. The maximum atomic E-state index is 12.5. The Bertz CT molecular complexity index is 671. The molecule has 0 radical (unpaired) electrons. The summed E-state index contributed by atoms with van der Waals surface area (Å²) in [6.07, 6.45) is 3.63. The van der Waals surface area contributed by atoms with Gasteiger partial charge in [0.25, 0.3) is 5.91 Å². The Morgan fingerprint density at radius 1 is 1.38 bits per heavy atom. The third-order valence-electron chi connectivity index (χ3n) is 4.48. The van der Waals surface area contributed by atoms with Crippen molar-refractivity contribution >= 4 is 18.3 Å². The summed E-state index contributed by atoms with van der Waals surface area (Å²) >= 11 is 0. The number of halogens is 1. The van der Waals surface area contributed by atoms with Crippen molar-refractivity contribution in [2.24, 2.45) is 0 Å². The molecule has 1 aromatic heterocycles. The third kappa shape index (κ3) is 4.36. The van der Waals surface area contributed by atoms with Gasteiger partial charge in [0.15, 0.2) is 0 Å². The molecule has 1 saturated heterocycles. The minimum Gasteiger partial charge on any atom is -0.349 e. The van der Waals surface area contributed by atoms with E-state index in [-0.39, 0.29) is 24.4 Å². The highest BCUT2D eigenvalue weighted by atomic mass is 35.5. The fourth-order valence-electron chi connectivity index (χ4n) is 3.11. The van der Waals surface area contributed by atoms with E-state index in [0.717, 1.165) is 25.1 Å². The van der Waals surface area contributed by atoms with Gasteiger partial charge in [0.05, 0.1) is 18.3 Å². The van der Waals surface area contributed by atoms with Gasteiger partial charge < -0.3 is 10.6 Å². The van der Waals surface area contributed by atoms with Crippen LogP contribution in [0.3, 0.4) is 0 Å². The highest BCUT2D eigenvalue weighted by Gasteiger charge is 2.22. The summed E-state index contributed by atoms with van der Waals surface area (Å²) in [4.78, 5) is 12.5. The number of amides is 1. The molecule has 1 fully saturated rings. The number of nitrogens with zero attached hydrogens (tertiary/aromatic N) is 2. The van der Waals surface area contributed by atoms with Gasteiger partial charge in [-0.1, -0.05) is 30.3 Å². The van der Waals surface area contributed by atoms with Crippen LogP contribution in [0, 0.1) is 6.92 Å². The van der Waals surface area contributed by atoms with E-state index in [4.69, 9.17) is 0 Å². The number of piperidine rings is 1. The Morgan fingerprint density at radius 3 is 2.83 bits per heavy atom. The Labute approximate surface area is 149 Å². The third-order valence-corrected chi connectivity index (χ3v) is 4.48. The van der Waals surface area contributed by atoms with Crippen LogP contribution < -0.4 is 10.6 Å². The van der Waals surface area contributed by atoms with Gasteiger partial charge >= 0.3 is 0 Å². The van der Waals surface area contributed by atoms with E-state index in [0.29, 0.717) is 18.2 Å². The summed E-state index contributed by atoms with van der Waals surface area (Å²) in [6.45, 7) is 5.75. The fourth-order valence-corrected chi connectivity index (χ4v) is 3.11. The van der Waals surface area contributed by atoms with E-state index in [2.05, 4.69) is 34.8 Å². The van der Waals surface area contributed by atoms with E-state index in [1.165, 1.54) is 5.56 Å². The van der Waals surface area contributed by atoms with Crippen molar-refractivity contribution in [1.82, 2.24) is 20.4 Å². The Morgan fingerprint density at radius 2 is 2.12 bits per heavy atom. The van der Waals surface area contributed by atoms with Gasteiger partial charge in [0.1, 0.15) is 0 Å². The zero-order chi connectivity index (χ0) is 16.2. The van der Waals surface area contributed by atoms with Crippen LogP contribution in [0.1, 0.15) is 41.4 Å². The standard InChI is InChI=1S/C18H24N4O.ClH/c1-13-10-16(8-9-19-13)21-18(23)17-11-20-22(14(17)2)12-15-6-4-3-5-7-15;/h3-7,11,13,16,19H,8-10,12H2,1-2H3,(H,21,23);1H. The van der Waals surface area contributed by atoms with Crippen molar-refractivity contribution in [3.8, 4) is 0 Å². The molecule has 1 aromatic carbocycles. The summed E-state index contributed by atoms with van der Waals surface area (Å²) in [5.74, 6) is -0.0130. The number of carbonyl (C=O) groups excluding carboxylic acids is 1. The number of hydrogen-bond donors (Lipinski definition) is 2. The van der Waals surface area contributed by atoms with Crippen LogP contribution in [0.4, 0.5) is 0 Å². The zero-order valence-electron chi connectivity index (χ0n) is 14.2. The summed E-state index contributed by atoms with van der Waals surface area (Å²) in [7, 11) is 0. The lowest BCUT2D eigenvalue weighted by atomic mass is 10.0. The summed E-state index contributed by atoms with van der Waals surface area (Å²) in [5, 5.41) is 10.9. The van der Waals surface area contributed by atoms with Crippen molar-refractivity contribution in [3.05, 3.63) is 53.3 Å². The maximum Gasteiger partial charge on any atom is 0.254 e. The summed E-state index contributed by atoms with van der Waals surface area (Å²) in [5.41, 5.74) is 2.76. The Balaban J connectivity index is 0.00000208. The average Bonchev–Trinajstić information content (AvgIpc) is 2.89. The fraction of sp³-hybridized carbons (Fsp3) is 0.444. The highest BCUT2D eigenvalue weighted by molar-refractivity contribution is 5.95. The lowest BCUT2D eigenvalue weighted by molar-refractivity contribution is 0.0925. The topological polar surface area (TPSA) is 59.0 Å². The molecule has 24 heavy (non-hydrogen) atoms. The highest BCUT2D eigenvalue weighted by Crippen LogP contribution is 2.13. The lowest BCUT2D eigenvalue weighted by Crippen LogP contribution is -2.46. The van der Waals surface area contributed by atoms with Crippen LogP contribution in [0.5, 0.6) is 0 Å². The van der Waals surface area contributed by atoms with Gasteiger partial charge in [-0.2, -0.15) is 5.10 Å². The molecule has 2 aromatic rings. The minimum absolute atomic E-state index is 0. The molecule has 2 unspecified atom stereocenters. The molecule has 130 valence electrons. The molecule has 0 spiro atoms. The van der Waals surface area contributed by atoms with Crippen LogP contribution in [0.2, 0.25) is 0 Å². The van der Waals surface area contributed by atoms with E-state index in [1.54, 1.807) is 6.20 Å². The van der Waals surface area contributed by atoms with E-state index in [9.17, 15) is 4.79 Å². The molecule has 3 rings (SSSR count). The Kier molecular flexibility index (Phi) is 6.40. The molecule has 1 aliphatic rings. The summed E-state index contributed by atoms with van der Waals surface area (Å²) < 4.78 is 1.88. The Hall–Kier alpha value is -1.85. The van der Waals surface area contributed by atoms with Crippen LogP contribution in [-0.2, 0) is 6.54 Å². The van der Waals surface area contributed by atoms with Crippen LogP contribution in [-0.4, -0.2) is 34.3 Å². The van der Waals surface area contributed by atoms with Crippen molar-refractivity contribution in [3.63, 3.8) is 0 Å². The molecular formula is C18H25ClN4O. The van der Waals surface area contributed by atoms with Crippen LogP contribution in [0.15, 0.2) is 36.5 Å². The smallest absolute Gasteiger partial charge is 0.254 e. The van der Waals surface area contributed by atoms with Crippen LogP contribution in [0.25, 0.3) is 0 Å². The molecule has 0 saturated carbocycles. The zero-order valence-corrected chi connectivity index (χ0v) is 15.0. The first-order valence-corrected chi connectivity index (χ1v) is 8.24. The largest absolute Gasteiger partial charge is 0.349 e. The number of hydrogen-bond acceptors (Lipinski definition) is 3. The molecule has 2 atom stereocenters. The number of carbonyl (C=O) groups is 1. The van der Waals surface area contributed by atoms with Crippen molar-refractivity contribution in [2.45, 2.75) is 45.3 Å². The van der Waals surface area contributed by atoms with Gasteiger partial charge in [0.2, 0.25) is 0 Å². The molecule has 1 aliphatic heterocycles. The van der Waals surface area contributed by atoms with Gasteiger partial charge in [0, 0.05) is 17.8 Å². The molecule has 0 bridgehead atoms. The molecule has 2 heterocycles. The first kappa shape index (κ1) is 18.5. The lowest BCUT2D eigenvalue weighted by Gasteiger charge is -2.28. The first-order chi connectivity index (χ1) is 11.1. The van der Waals surface area contributed by atoms with E-state index >= 15 is 0 Å². The second-order valence-corrected chi connectivity index (χ2v) is 6.34. The average molecular weight is 349 g/mol. The quantitative estimate of drug-likeness (QED) is 0.892. The first-order valence-electron chi connectivity index (χ1n) is 8.24. The monoisotopic (exact) mass is 348 g/mol. The number of rotatable bonds is 4. The van der Waals surface area contributed by atoms with Crippen molar-refractivity contribution < 1.29 is 4.79 Å². The second-order valence-electron chi connectivity index (χ2n) is 6.34. The van der Waals surface area contributed by atoms with Gasteiger partial charge in [-0.3, -0.25) is 9.48 Å². The van der Waals surface area contributed by atoms with Crippen molar-refractivity contribution in [2.75, 3.05) is 6.54 Å². The minimum atomic E-state index is -0.0130. The molecule has 5 nitrogen and oxygen atoms in total. The van der Waals surface area contributed by atoms with Crippen LogP contribution >= 0.6 is 12.4 Å². The molecule has 6 heteroatoms. The molecular weight excluding hydrogens is 324 g/mol. The molecule has 1 amide bonds. The SMILES string of the molecule is Cc1c(C(=O)NC2CCNC(C)C2)cnn1Cc1ccccc1.Cl. The summed E-state index contributed by atoms with van der Waals surface area (Å²) in [6, 6.07) is 10.9. The normalized spacial score (nSPS) is 20.2. The molecule has 0 aliphatic carbocycles. The predicted octanol–water partition coefficient (Wildman–Crippen LogP) is 2.53. The van der Waals surface area contributed by atoms with Crippen molar-refractivity contribution in [1.29, 1.82) is 0 Å². The number of benzene rings is 1. The number of nitrogens with one attached hydrogen (secondary N) is 2. The van der Waals surface area contributed by atoms with Gasteiger partial charge in [-0.15, -0.1) is 12.4 Å². The predicted molar refractivity (Wildman–Crippen MR) is 97.7 cm³/mol. The number of aromatic nitrogens is 2. The second kappa shape index (κ2) is 8.31.